The maximum Gasteiger partial charge on any atom is 0.494 e. The van der Waals surface area contributed by atoms with Crippen molar-refractivity contribution in [3.63, 3.8) is 0 Å². The van der Waals surface area contributed by atoms with Gasteiger partial charge in [-0.2, -0.15) is 13.2 Å². The molecule has 0 unspecified atom stereocenters. The molecule has 22 heavy (non-hydrogen) atoms. The van der Waals surface area contributed by atoms with Gasteiger partial charge in [0.25, 0.3) is 5.69 Å². The maximum atomic E-state index is 13.0. The van der Waals surface area contributed by atoms with Crippen molar-refractivity contribution in [2.45, 2.75) is 20.0 Å². The number of nitro benzene ring substituents is 1. The van der Waals surface area contributed by atoms with Gasteiger partial charge in [0.05, 0.1) is 10.5 Å². The van der Waals surface area contributed by atoms with Crippen LogP contribution in [0.25, 0.3) is 0 Å². The van der Waals surface area contributed by atoms with E-state index in [9.17, 15) is 23.3 Å². The molecular formula is C12H14BF3N2O4. The van der Waals surface area contributed by atoms with Crippen molar-refractivity contribution in [2.24, 2.45) is 5.41 Å². The van der Waals surface area contributed by atoms with Crippen LogP contribution >= 0.6 is 0 Å². The fourth-order valence-electron chi connectivity index (χ4n) is 2.07. The highest BCUT2D eigenvalue weighted by molar-refractivity contribution is 6.61. The number of nitrogens with two attached hydrogens (primary N) is 1. The molecule has 1 saturated heterocycles. The van der Waals surface area contributed by atoms with Gasteiger partial charge in [-0.1, -0.05) is 13.8 Å². The first-order valence-corrected chi connectivity index (χ1v) is 6.39. The second-order valence-corrected chi connectivity index (χ2v) is 5.87. The Bertz CT molecular complexity index is 597. The minimum Gasteiger partial charge on any atom is -0.407 e. The lowest BCUT2D eigenvalue weighted by Crippen LogP contribution is -2.47. The van der Waals surface area contributed by atoms with Gasteiger partial charge in [-0.25, -0.2) is 0 Å². The van der Waals surface area contributed by atoms with Crippen molar-refractivity contribution >= 4 is 24.0 Å². The summed E-state index contributed by atoms with van der Waals surface area (Å²) in [5.41, 5.74) is 1.91. The number of nitrogens with zero attached hydrogens (tertiary/aromatic N) is 1. The predicted octanol–water partition coefficient (Wildman–Crippen LogP) is 1.96. The van der Waals surface area contributed by atoms with Crippen LogP contribution in [0.4, 0.5) is 24.5 Å². The third kappa shape index (κ3) is 3.33. The fraction of sp³-hybridized carbons (Fsp3) is 0.500. The van der Waals surface area contributed by atoms with E-state index in [0.717, 1.165) is 12.1 Å². The molecule has 1 aliphatic heterocycles. The van der Waals surface area contributed by atoms with E-state index in [1.807, 2.05) is 13.8 Å². The number of nitro groups is 1. The van der Waals surface area contributed by atoms with Gasteiger partial charge in [0.15, 0.2) is 0 Å². The smallest absolute Gasteiger partial charge is 0.407 e. The number of anilines is 1. The van der Waals surface area contributed by atoms with Gasteiger partial charge in [0.2, 0.25) is 0 Å². The Morgan fingerprint density at radius 2 is 1.86 bits per heavy atom. The highest BCUT2D eigenvalue weighted by atomic mass is 19.4. The van der Waals surface area contributed by atoms with Crippen LogP contribution in [-0.4, -0.2) is 25.3 Å². The lowest BCUT2D eigenvalue weighted by atomic mass is 9.75. The lowest BCUT2D eigenvalue weighted by Gasteiger charge is -2.33. The zero-order valence-corrected chi connectivity index (χ0v) is 11.9. The highest BCUT2D eigenvalue weighted by Crippen LogP contribution is 2.37. The highest BCUT2D eigenvalue weighted by Gasteiger charge is 2.40. The average molecular weight is 318 g/mol. The molecule has 1 heterocycles. The first-order valence-electron chi connectivity index (χ1n) is 6.39. The quantitative estimate of drug-likeness (QED) is 0.390. The summed E-state index contributed by atoms with van der Waals surface area (Å²) in [5, 5.41) is 10.9. The standard InChI is InChI=1S/C12H14BF3N2O4/c1-11(2)5-21-13(22-6-11)7-3-8(12(14,15)16)10(17)9(4-7)18(19)20/h3-4H,5-6,17H2,1-2H3. The Hall–Kier alpha value is -1.81. The summed E-state index contributed by atoms with van der Waals surface area (Å²) >= 11 is 0. The largest absolute Gasteiger partial charge is 0.494 e. The van der Waals surface area contributed by atoms with Crippen molar-refractivity contribution in [3.05, 3.63) is 27.8 Å². The van der Waals surface area contributed by atoms with E-state index >= 15 is 0 Å². The molecule has 0 radical (unpaired) electrons. The van der Waals surface area contributed by atoms with Gasteiger partial charge in [-0.3, -0.25) is 10.1 Å². The first kappa shape index (κ1) is 16.6. The van der Waals surface area contributed by atoms with Gasteiger partial charge in [0, 0.05) is 24.7 Å². The third-order valence-corrected chi connectivity index (χ3v) is 3.21. The minimum absolute atomic E-state index is 0.0799. The van der Waals surface area contributed by atoms with Crippen LogP contribution in [0.15, 0.2) is 12.1 Å². The molecule has 0 bridgehead atoms. The molecular weight excluding hydrogens is 304 g/mol. The molecule has 0 aliphatic carbocycles. The zero-order chi connectivity index (χ0) is 16.7. The molecule has 1 fully saturated rings. The van der Waals surface area contributed by atoms with Gasteiger partial charge in [-0.05, 0) is 11.5 Å². The van der Waals surface area contributed by atoms with E-state index in [1.165, 1.54) is 0 Å². The molecule has 10 heteroatoms. The molecule has 1 aromatic rings. The van der Waals surface area contributed by atoms with Crippen LogP contribution in [0, 0.1) is 15.5 Å². The van der Waals surface area contributed by atoms with Crippen molar-refractivity contribution < 1.29 is 27.4 Å². The van der Waals surface area contributed by atoms with E-state index in [0.29, 0.717) is 0 Å². The minimum atomic E-state index is -4.81. The second-order valence-electron chi connectivity index (χ2n) is 5.87. The summed E-state index contributed by atoms with van der Waals surface area (Å²) in [7, 11) is -1.09. The van der Waals surface area contributed by atoms with Gasteiger partial charge in [-0.15, -0.1) is 0 Å². The third-order valence-electron chi connectivity index (χ3n) is 3.21. The van der Waals surface area contributed by atoms with Crippen molar-refractivity contribution in [3.8, 4) is 0 Å². The lowest BCUT2D eigenvalue weighted by molar-refractivity contribution is -0.384. The Morgan fingerprint density at radius 1 is 1.32 bits per heavy atom. The molecule has 120 valence electrons. The molecule has 2 N–H and O–H groups in total. The van der Waals surface area contributed by atoms with Crippen LogP contribution in [0.1, 0.15) is 19.4 Å². The monoisotopic (exact) mass is 318 g/mol. The Labute approximate surface area is 124 Å². The van der Waals surface area contributed by atoms with Crippen molar-refractivity contribution in [1.29, 1.82) is 0 Å². The number of alkyl halides is 3. The summed E-state index contributed by atoms with van der Waals surface area (Å²) in [6, 6.07) is 1.68. The Morgan fingerprint density at radius 3 is 2.32 bits per heavy atom. The number of hydrogen-bond acceptors (Lipinski definition) is 5. The van der Waals surface area contributed by atoms with E-state index in [1.54, 1.807) is 0 Å². The molecule has 0 spiro atoms. The molecule has 2 rings (SSSR count). The summed E-state index contributed by atoms with van der Waals surface area (Å²) < 4.78 is 49.7. The van der Waals surface area contributed by atoms with Crippen molar-refractivity contribution in [1.82, 2.24) is 0 Å². The predicted molar refractivity (Wildman–Crippen MR) is 73.6 cm³/mol. The Kier molecular flexibility index (Phi) is 4.09. The molecule has 1 aromatic carbocycles. The molecule has 0 amide bonds. The van der Waals surface area contributed by atoms with Crippen LogP contribution in [0.2, 0.25) is 0 Å². The second kappa shape index (κ2) is 5.43. The molecule has 1 aliphatic rings. The molecule has 0 saturated carbocycles. The number of benzene rings is 1. The summed E-state index contributed by atoms with van der Waals surface area (Å²) in [6.45, 7) is 4.26. The SMILES string of the molecule is CC1(C)COB(c2cc([N+](=O)[O-])c(N)c(C(F)(F)F)c2)OC1. The van der Waals surface area contributed by atoms with Gasteiger partial charge < -0.3 is 15.0 Å². The topological polar surface area (TPSA) is 87.6 Å². The van der Waals surface area contributed by atoms with Crippen LogP contribution < -0.4 is 11.2 Å². The fourth-order valence-corrected chi connectivity index (χ4v) is 2.07. The average Bonchev–Trinajstić information content (AvgIpc) is 2.37. The number of halogens is 3. The molecule has 6 nitrogen and oxygen atoms in total. The van der Waals surface area contributed by atoms with E-state index in [-0.39, 0.29) is 24.1 Å². The van der Waals surface area contributed by atoms with Gasteiger partial charge in [0.1, 0.15) is 5.69 Å². The summed E-state index contributed by atoms with van der Waals surface area (Å²) in [5.74, 6) is 0. The van der Waals surface area contributed by atoms with Crippen LogP contribution in [0.3, 0.4) is 0 Å². The maximum absolute atomic E-state index is 13.0. The van der Waals surface area contributed by atoms with E-state index in [2.05, 4.69) is 0 Å². The number of rotatable bonds is 2. The summed E-state index contributed by atoms with van der Waals surface area (Å²) in [4.78, 5) is 9.96. The molecule has 0 aromatic heterocycles. The van der Waals surface area contributed by atoms with Gasteiger partial charge >= 0.3 is 13.3 Å². The van der Waals surface area contributed by atoms with Crippen LogP contribution in [0.5, 0.6) is 0 Å². The normalized spacial score (nSPS) is 18.3. The Balaban J connectivity index is 2.44. The first-order chi connectivity index (χ1) is 10.0. The number of hydrogen-bond donors (Lipinski definition) is 1. The zero-order valence-electron chi connectivity index (χ0n) is 11.9. The summed E-state index contributed by atoms with van der Waals surface area (Å²) in [6.07, 6.45) is -4.81. The van der Waals surface area contributed by atoms with E-state index < -0.39 is 35.2 Å². The van der Waals surface area contributed by atoms with Crippen molar-refractivity contribution in [2.75, 3.05) is 18.9 Å². The molecule has 0 atom stereocenters. The number of nitrogen functional groups attached to an aromatic ring is 1. The van der Waals surface area contributed by atoms with E-state index in [4.69, 9.17) is 15.0 Å². The van der Waals surface area contributed by atoms with Crippen LogP contribution in [-0.2, 0) is 15.5 Å².